The number of carbonyl (C=O) groups is 1. The fraction of sp³-hybridized carbons (Fsp3) is 0.589. The molecule has 3 N–H and O–H groups in total. The van der Waals surface area contributed by atoms with Crippen molar-refractivity contribution in [2.45, 2.75) is 98.0 Å². The fourth-order valence-electron chi connectivity index (χ4n) is 10.4. The van der Waals surface area contributed by atoms with Gasteiger partial charge < -0.3 is 63.3 Å². The molecule has 22 heteroatoms. The lowest BCUT2D eigenvalue weighted by Gasteiger charge is -2.63. The molecule has 1 aliphatic heterocycles. The van der Waals surface area contributed by atoms with Gasteiger partial charge in [-0.3, -0.25) is 9.59 Å². The average molecular weight is 1100 g/mol. The number of benzene rings is 1. The second kappa shape index (κ2) is 29.3. The Morgan fingerprint density at radius 1 is 0.872 bits per heavy atom. The largest absolute Gasteiger partial charge is 0.489 e. The predicted molar refractivity (Wildman–Crippen MR) is 297 cm³/mol. The molecule has 5 aromatic rings. The lowest BCUT2D eigenvalue weighted by molar-refractivity contribution is -0.164. The molecule has 2 aliphatic rings. The molecule has 5 heterocycles. The Morgan fingerprint density at radius 2 is 1.51 bits per heavy atom. The summed E-state index contributed by atoms with van der Waals surface area (Å²) in [6, 6.07) is 12.6. The predicted octanol–water partition coefficient (Wildman–Crippen LogP) is 5.97. The van der Waals surface area contributed by atoms with E-state index in [-0.39, 0.29) is 36.3 Å². The number of aliphatic hydroxyl groups excluding tert-OH is 1. The summed E-state index contributed by atoms with van der Waals surface area (Å²) >= 11 is 6.24. The van der Waals surface area contributed by atoms with Gasteiger partial charge in [-0.2, -0.15) is 14.9 Å². The molecule has 1 aliphatic carbocycles. The van der Waals surface area contributed by atoms with Crippen molar-refractivity contribution < 1.29 is 43.1 Å². The van der Waals surface area contributed by atoms with Crippen molar-refractivity contribution in [2.75, 3.05) is 121 Å². The second-order valence-electron chi connectivity index (χ2n) is 20.7. The zero-order valence-electron chi connectivity index (χ0n) is 46.1. The molecule has 424 valence electrons. The van der Waals surface area contributed by atoms with Crippen molar-refractivity contribution in [1.82, 2.24) is 34.4 Å². The number of halogens is 1. The van der Waals surface area contributed by atoms with E-state index in [0.29, 0.717) is 133 Å². The molecular weight excluding hydrogens is 1020 g/mol. The van der Waals surface area contributed by atoms with Gasteiger partial charge in [-0.05, 0) is 49.8 Å². The van der Waals surface area contributed by atoms with Gasteiger partial charge in [0.15, 0.2) is 5.65 Å². The SMILES string of the molecule is CCc1cnn2c(NCc3ccc(=O)n(CCOCCOCCOCCOCCOCCOCCN(C)c4ncc(C(=O)NC5C(C)(C)C(Oc6ccc(C#N)c(Cl)c6)C5(C)C)cn4)c3)cc(N3CCCC[C@H]3CCO)nc12. The third-order valence-corrected chi connectivity index (χ3v) is 14.7. The Labute approximate surface area is 462 Å². The van der Waals surface area contributed by atoms with Crippen molar-refractivity contribution in [3.05, 3.63) is 98.8 Å². The third-order valence-electron chi connectivity index (χ3n) is 14.4. The molecule has 21 nitrogen and oxygen atoms in total. The molecule has 2 fully saturated rings. The van der Waals surface area contributed by atoms with Crippen LogP contribution >= 0.6 is 11.6 Å². The second-order valence-corrected chi connectivity index (χ2v) is 21.1. The van der Waals surface area contributed by atoms with Gasteiger partial charge in [0, 0.05) is 105 Å². The van der Waals surface area contributed by atoms with Crippen molar-refractivity contribution in [1.29, 1.82) is 5.26 Å². The van der Waals surface area contributed by atoms with Crippen LogP contribution in [-0.4, -0.2) is 164 Å². The smallest absolute Gasteiger partial charge is 0.254 e. The number of nitrogens with one attached hydrogen (secondary N) is 2. The van der Waals surface area contributed by atoms with Crippen LogP contribution in [0.1, 0.15) is 87.4 Å². The number of likely N-dealkylation sites (N-methyl/N-ethyl adjacent to an activating group) is 1. The van der Waals surface area contributed by atoms with E-state index in [9.17, 15) is 20.0 Å². The number of fused-ring (bicyclic) bond motifs is 1. The Bertz CT molecular complexity index is 2770. The number of pyridine rings is 1. The standard InChI is InChI=1S/C56H78ClN11O10/c1-7-41-38-62-68-47(33-48(63-50(41)68)67-16-9-8-10-44(67)15-19-69)59-35-40-11-14-49(70)66(39-40)18-21-73-23-25-75-27-29-77-31-30-76-28-26-74-24-22-72-20-17-65(6)54-60-36-43(37-61-54)51(71)64-52-55(2,3)53(56(52,4)5)78-45-13-12-42(34-58)46(57)32-45/h11-14,32-33,36-39,44,52-53,59,69H,7-10,15-31,35H2,1-6H3,(H,64,71)/t44-,52?,53?/m0/s1. The number of hydrogen-bond acceptors (Lipinski definition) is 18. The third kappa shape index (κ3) is 15.9. The number of anilines is 3. The number of amides is 1. The number of aryl methyl sites for hydroxylation is 1. The Kier molecular flexibility index (Phi) is 22.4. The minimum absolute atomic E-state index is 0.0970. The topological polar surface area (TPSA) is 234 Å². The maximum atomic E-state index is 13.3. The van der Waals surface area contributed by atoms with Gasteiger partial charge in [0.05, 0.1) is 102 Å². The highest BCUT2D eigenvalue weighted by Crippen LogP contribution is 2.55. The number of carbonyl (C=O) groups excluding carboxylic acids is 1. The van der Waals surface area contributed by atoms with E-state index in [1.807, 2.05) is 41.0 Å². The monoisotopic (exact) mass is 1100 g/mol. The summed E-state index contributed by atoms with van der Waals surface area (Å²) in [5, 5.41) is 30.6. The van der Waals surface area contributed by atoms with Crippen molar-refractivity contribution >= 4 is 40.7 Å². The van der Waals surface area contributed by atoms with Crippen LogP contribution in [0.5, 0.6) is 5.75 Å². The molecular formula is C56H78ClN11O10. The van der Waals surface area contributed by atoms with Gasteiger partial charge >= 0.3 is 0 Å². The summed E-state index contributed by atoms with van der Waals surface area (Å²) < 4.78 is 43.8. The number of piperidine rings is 1. The molecule has 0 unspecified atom stereocenters. The molecule has 1 saturated carbocycles. The Morgan fingerprint density at radius 3 is 2.13 bits per heavy atom. The summed E-state index contributed by atoms with van der Waals surface area (Å²) in [6.45, 7) is 17.9. The van der Waals surface area contributed by atoms with Crippen LogP contribution in [0.25, 0.3) is 5.65 Å². The Hall–Kier alpha value is -5.96. The van der Waals surface area contributed by atoms with Crippen molar-refractivity contribution in [3.63, 3.8) is 0 Å². The highest BCUT2D eigenvalue weighted by molar-refractivity contribution is 6.31. The first-order valence-corrected chi connectivity index (χ1v) is 27.5. The van der Waals surface area contributed by atoms with Crippen molar-refractivity contribution in [2.24, 2.45) is 10.8 Å². The van der Waals surface area contributed by atoms with Crippen LogP contribution in [0.3, 0.4) is 0 Å². The molecule has 1 saturated heterocycles. The normalized spacial score (nSPS) is 17.6. The quantitative estimate of drug-likeness (QED) is 0.0411. The number of rotatable bonds is 33. The van der Waals surface area contributed by atoms with Crippen LogP contribution in [0.15, 0.2) is 66.0 Å². The molecule has 0 radical (unpaired) electrons. The van der Waals surface area contributed by atoms with Crippen LogP contribution in [0.4, 0.5) is 17.6 Å². The molecule has 0 spiro atoms. The summed E-state index contributed by atoms with van der Waals surface area (Å²) in [7, 11) is 1.86. The van der Waals surface area contributed by atoms with E-state index in [0.717, 1.165) is 60.6 Å². The zero-order chi connectivity index (χ0) is 55.5. The number of hydrogen-bond donors (Lipinski definition) is 3. The molecule has 78 heavy (non-hydrogen) atoms. The minimum atomic E-state index is -0.400. The number of aromatic nitrogens is 6. The molecule has 0 bridgehead atoms. The summed E-state index contributed by atoms with van der Waals surface area (Å²) in [5.41, 5.74) is 2.68. The van der Waals surface area contributed by atoms with Crippen molar-refractivity contribution in [3.8, 4) is 11.8 Å². The summed E-state index contributed by atoms with van der Waals surface area (Å²) in [6.07, 6.45) is 11.4. The number of nitriles is 1. The fourth-order valence-corrected chi connectivity index (χ4v) is 10.6. The molecule has 1 aromatic carbocycles. The molecule has 1 amide bonds. The van der Waals surface area contributed by atoms with E-state index in [1.54, 1.807) is 28.8 Å². The van der Waals surface area contributed by atoms with E-state index in [4.69, 9.17) is 49.7 Å². The van der Waals surface area contributed by atoms with Crippen LogP contribution in [0, 0.1) is 22.2 Å². The summed E-state index contributed by atoms with van der Waals surface area (Å²) in [5.74, 6) is 2.49. The minimum Gasteiger partial charge on any atom is -0.489 e. The van der Waals surface area contributed by atoms with Gasteiger partial charge in [0.2, 0.25) is 5.95 Å². The zero-order valence-corrected chi connectivity index (χ0v) is 46.8. The van der Waals surface area contributed by atoms with Gasteiger partial charge in [0.1, 0.15) is 29.6 Å². The average Bonchev–Trinajstić information content (AvgIpc) is 3.96. The van der Waals surface area contributed by atoms with E-state index in [2.05, 4.69) is 71.3 Å². The highest BCUT2D eigenvalue weighted by Gasteiger charge is 2.64. The molecule has 7 rings (SSSR count). The van der Waals surface area contributed by atoms with Gasteiger partial charge in [0.25, 0.3) is 11.5 Å². The summed E-state index contributed by atoms with van der Waals surface area (Å²) in [4.78, 5) is 44.1. The van der Waals surface area contributed by atoms with E-state index in [1.165, 1.54) is 12.4 Å². The molecule has 4 aromatic heterocycles. The molecule has 1 atom stereocenters. The van der Waals surface area contributed by atoms with Gasteiger partial charge in [-0.25, -0.2) is 15.0 Å². The number of nitrogens with zero attached hydrogens (tertiary/aromatic N) is 9. The lowest BCUT2D eigenvalue weighted by Crippen LogP contribution is -2.74. The number of ether oxygens (including phenoxy) is 7. The maximum absolute atomic E-state index is 13.3. The first kappa shape index (κ1) is 59.7. The number of aliphatic hydroxyl groups is 1. The Balaban J connectivity index is 0.670. The van der Waals surface area contributed by atoms with E-state index < -0.39 is 10.8 Å². The van der Waals surface area contributed by atoms with Crippen LogP contribution in [0.2, 0.25) is 5.02 Å². The lowest BCUT2D eigenvalue weighted by atomic mass is 9.49. The van der Waals surface area contributed by atoms with Gasteiger partial charge in [-0.15, -0.1) is 0 Å². The maximum Gasteiger partial charge on any atom is 0.254 e. The van der Waals surface area contributed by atoms with E-state index >= 15 is 0 Å². The highest BCUT2D eigenvalue weighted by atomic mass is 35.5. The first-order chi connectivity index (χ1) is 37.7. The first-order valence-electron chi connectivity index (χ1n) is 27.1. The van der Waals surface area contributed by atoms with Crippen LogP contribution < -0.4 is 30.7 Å². The van der Waals surface area contributed by atoms with Gasteiger partial charge in [-0.1, -0.05) is 52.3 Å². The van der Waals surface area contributed by atoms with Crippen LogP contribution in [-0.2, 0) is 47.9 Å².